The van der Waals surface area contributed by atoms with Crippen LogP contribution in [0.25, 0.3) is 0 Å². The first kappa shape index (κ1) is 26.7. The van der Waals surface area contributed by atoms with Crippen molar-refractivity contribution in [3.63, 3.8) is 0 Å². The average Bonchev–Trinajstić information content (AvgIpc) is 2.80. The molecule has 1 unspecified atom stereocenters. The second kappa shape index (κ2) is 9.30. The van der Waals surface area contributed by atoms with E-state index in [1.807, 2.05) is 44.2 Å². The molecule has 0 bridgehead atoms. The number of nitrogens with zero attached hydrogens (tertiary/aromatic N) is 1. The van der Waals surface area contributed by atoms with Gasteiger partial charge < -0.3 is 28.3 Å². The second-order valence-corrected chi connectivity index (χ2v) is 15.6. The number of benzene rings is 2. The highest BCUT2D eigenvalue weighted by atomic mass is 28.4. The molecule has 0 saturated carbocycles. The highest BCUT2D eigenvalue weighted by Gasteiger charge is 2.56. The monoisotopic (exact) mass is 501 g/mol. The Balaban J connectivity index is 2.13. The van der Waals surface area contributed by atoms with E-state index < -0.39 is 13.7 Å². The van der Waals surface area contributed by atoms with Crippen LogP contribution in [0.5, 0.6) is 28.7 Å². The average molecular weight is 502 g/mol. The van der Waals surface area contributed by atoms with Gasteiger partial charge in [0.25, 0.3) is 8.32 Å². The van der Waals surface area contributed by atoms with Gasteiger partial charge in [-0.25, -0.2) is 0 Å². The van der Waals surface area contributed by atoms with Crippen LogP contribution in [0.4, 0.5) is 5.69 Å². The number of amides is 1. The van der Waals surface area contributed by atoms with Crippen LogP contribution in [0.3, 0.4) is 0 Å². The quantitative estimate of drug-likeness (QED) is 0.316. The molecule has 0 aromatic heterocycles. The summed E-state index contributed by atoms with van der Waals surface area (Å²) in [4.78, 5) is 15.2. The molecule has 35 heavy (non-hydrogen) atoms. The van der Waals surface area contributed by atoms with Gasteiger partial charge in [0.1, 0.15) is 5.75 Å². The summed E-state index contributed by atoms with van der Waals surface area (Å²) in [5.41, 5.74) is 0.941. The molecule has 0 radical (unpaired) electrons. The summed E-state index contributed by atoms with van der Waals surface area (Å²) in [5.74, 6) is 2.92. The first-order valence-corrected chi connectivity index (χ1v) is 14.7. The number of ether oxygens (including phenoxy) is 4. The van der Waals surface area contributed by atoms with Crippen molar-refractivity contribution >= 4 is 19.9 Å². The number of anilines is 1. The predicted octanol–water partition coefficient (Wildman–Crippen LogP) is 6.22. The summed E-state index contributed by atoms with van der Waals surface area (Å²) in [6.07, 6.45) is 0. The van der Waals surface area contributed by atoms with E-state index in [0.717, 1.165) is 11.3 Å². The van der Waals surface area contributed by atoms with Gasteiger partial charge in [-0.1, -0.05) is 20.8 Å². The Morgan fingerprint density at radius 3 is 1.91 bits per heavy atom. The maximum Gasteiger partial charge on any atom is 0.250 e. The van der Waals surface area contributed by atoms with Crippen LogP contribution in [-0.2, 0) is 4.79 Å². The summed E-state index contributed by atoms with van der Waals surface area (Å²) in [7, 11) is 4.24. The zero-order chi connectivity index (χ0) is 26.3. The Morgan fingerprint density at radius 1 is 0.829 bits per heavy atom. The van der Waals surface area contributed by atoms with Gasteiger partial charge in [-0.05, 0) is 56.2 Å². The molecule has 8 heteroatoms. The lowest BCUT2D eigenvalue weighted by atomic mass is 9.70. The number of carbonyl (C=O) groups excluding carboxylic acids is 1. The van der Waals surface area contributed by atoms with E-state index in [4.69, 9.17) is 23.4 Å². The second-order valence-electron chi connectivity index (χ2n) is 10.9. The number of carbonyl (C=O) groups is 1. The molecular formula is C27H39NO6Si. The molecule has 1 fully saturated rings. The van der Waals surface area contributed by atoms with E-state index >= 15 is 0 Å². The third kappa shape index (κ3) is 4.44. The van der Waals surface area contributed by atoms with Gasteiger partial charge in [0.15, 0.2) is 17.2 Å². The van der Waals surface area contributed by atoms with Crippen molar-refractivity contribution in [3.05, 3.63) is 35.9 Å². The highest BCUT2D eigenvalue weighted by Crippen LogP contribution is 2.56. The molecule has 192 valence electrons. The molecule has 1 atom stereocenters. The molecule has 0 spiro atoms. The molecule has 1 heterocycles. The smallest absolute Gasteiger partial charge is 0.250 e. The minimum absolute atomic E-state index is 0.0120. The Hall–Kier alpha value is -2.87. The Morgan fingerprint density at radius 2 is 1.40 bits per heavy atom. The summed E-state index contributed by atoms with van der Waals surface area (Å²) in [5, 5.41) is 0.0120. The van der Waals surface area contributed by atoms with Gasteiger partial charge in [0.2, 0.25) is 11.7 Å². The van der Waals surface area contributed by atoms with Crippen LogP contribution in [0.1, 0.15) is 46.2 Å². The minimum Gasteiger partial charge on any atom is -0.541 e. The number of β-lactam (4-membered cyclic amide) rings is 1. The number of hydrogen-bond donors (Lipinski definition) is 0. The van der Waals surface area contributed by atoms with Gasteiger partial charge in [-0.3, -0.25) is 4.79 Å². The largest absolute Gasteiger partial charge is 0.541 e. The molecule has 3 rings (SSSR count). The number of rotatable bonds is 8. The molecule has 2 aromatic carbocycles. The Labute approximate surface area is 210 Å². The summed E-state index contributed by atoms with van der Waals surface area (Å²) in [6, 6.07) is 9.16. The molecule has 7 nitrogen and oxygen atoms in total. The minimum atomic E-state index is -2.14. The molecule has 0 N–H and O–H groups in total. The van der Waals surface area contributed by atoms with Crippen LogP contribution in [0.15, 0.2) is 30.3 Å². The summed E-state index contributed by atoms with van der Waals surface area (Å²) < 4.78 is 29.0. The lowest BCUT2D eigenvalue weighted by molar-refractivity contribution is -0.137. The fourth-order valence-corrected chi connectivity index (χ4v) is 5.27. The van der Waals surface area contributed by atoms with Crippen molar-refractivity contribution in [1.82, 2.24) is 0 Å². The Bertz CT molecular complexity index is 1110. The van der Waals surface area contributed by atoms with E-state index in [1.165, 1.54) is 0 Å². The summed E-state index contributed by atoms with van der Waals surface area (Å²) in [6.45, 7) is 14.8. The normalized spacial score (nSPS) is 17.5. The van der Waals surface area contributed by atoms with Crippen molar-refractivity contribution in [2.75, 3.05) is 33.3 Å². The zero-order valence-corrected chi connectivity index (χ0v) is 23.9. The van der Waals surface area contributed by atoms with Crippen LogP contribution in [0, 0.1) is 5.41 Å². The molecule has 1 aliphatic heterocycles. The van der Waals surface area contributed by atoms with Gasteiger partial charge >= 0.3 is 0 Å². The van der Waals surface area contributed by atoms with Crippen molar-refractivity contribution in [2.45, 2.75) is 58.8 Å². The predicted molar refractivity (Wildman–Crippen MR) is 141 cm³/mol. The van der Waals surface area contributed by atoms with Crippen molar-refractivity contribution < 1.29 is 28.2 Å². The van der Waals surface area contributed by atoms with Crippen LogP contribution in [0.2, 0.25) is 18.1 Å². The van der Waals surface area contributed by atoms with E-state index in [-0.39, 0.29) is 17.0 Å². The van der Waals surface area contributed by atoms with Crippen LogP contribution in [-0.4, -0.2) is 42.7 Å². The zero-order valence-electron chi connectivity index (χ0n) is 22.9. The standard InChI is InChI=1S/C27H39NO6Si/c1-26(2,3)35(10,11)34-21-16-17(12-14-19(21)30-6)28-24(27(4,5)25(28)29)18-13-15-20(31-7)23(33-9)22(18)32-8/h12-16,24H,1-11H3. The van der Waals surface area contributed by atoms with Gasteiger partial charge in [0.05, 0.1) is 39.9 Å². The third-order valence-corrected chi connectivity index (χ3v) is 11.7. The molecule has 2 aromatic rings. The summed E-state index contributed by atoms with van der Waals surface area (Å²) >= 11 is 0. The third-order valence-electron chi connectivity index (χ3n) is 7.34. The molecular weight excluding hydrogens is 462 g/mol. The van der Waals surface area contributed by atoms with Crippen molar-refractivity contribution in [3.8, 4) is 28.7 Å². The van der Waals surface area contributed by atoms with Gasteiger partial charge in [0, 0.05) is 17.3 Å². The van der Waals surface area contributed by atoms with Crippen molar-refractivity contribution in [2.24, 2.45) is 5.41 Å². The van der Waals surface area contributed by atoms with Crippen molar-refractivity contribution in [1.29, 1.82) is 0 Å². The lowest BCUT2D eigenvalue weighted by Crippen LogP contribution is -2.61. The highest BCUT2D eigenvalue weighted by molar-refractivity contribution is 6.74. The fourth-order valence-electron chi connectivity index (χ4n) is 4.26. The maximum absolute atomic E-state index is 13.4. The number of hydrogen-bond acceptors (Lipinski definition) is 6. The lowest BCUT2D eigenvalue weighted by Gasteiger charge is -2.53. The topological polar surface area (TPSA) is 66.5 Å². The molecule has 1 aliphatic rings. The molecule has 1 saturated heterocycles. The van der Waals surface area contributed by atoms with Gasteiger partial charge in [-0.2, -0.15) is 0 Å². The first-order chi connectivity index (χ1) is 16.2. The maximum atomic E-state index is 13.4. The Kier molecular flexibility index (Phi) is 7.10. The molecule has 1 amide bonds. The van der Waals surface area contributed by atoms with Crippen LogP contribution < -0.4 is 28.3 Å². The van der Waals surface area contributed by atoms with E-state index in [0.29, 0.717) is 28.7 Å². The van der Waals surface area contributed by atoms with E-state index in [2.05, 4.69) is 33.9 Å². The fraction of sp³-hybridized carbons (Fsp3) is 0.519. The number of methoxy groups -OCH3 is 4. The van der Waals surface area contributed by atoms with Crippen LogP contribution >= 0.6 is 0 Å². The van der Waals surface area contributed by atoms with E-state index in [1.54, 1.807) is 33.3 Å². The molecule has 0 aliphatic carbocycles. The van der Waals surface area contributed by atoms with Gasteiger partial charge in [-0.15, -0.1) is 0 Å². The van der Waals surface area contributed by atoms with E-state index in [9.17, 15) is 4.79 Å². The first-order valence-electron chi connectivity index (χ1n) is 11.7. The SMILES string of the molecule is COc1ccc(N2C(=O)C(C)(C)C2c2ccc(OC)c(OC)c2OC)cc1O[Si](C)(C)C(C)(C)C.